The normalized spacial score (nSPS) is 32.1. The van der Waals surface area contributed by atoms with Crippen LogP contribution in [0.15, 0.2) is 42.5 Å². The highest BCUT2D eigenvalue weighted by molar-refractivity contribution is 5.99. The molecule has 2 heteroatoms. The van der Waals surface area contributed by atoms with Crippen molar-refractivity contribution < 1.29 is 4.79 Å². The number of Topliss-reactive ketones (excluding diaryl/α,β-unsaturated/α-hetero) is 1. The predicted octanol–water partition coefficient (Wildman–Crippen LogP) is 3.77. The largest absolute Gasteiger partial charge is 0.398 e. The summed E-state index contributed by atoms with van der Waals surface area (Å²) in [6, 6.07) is 10.6. The van der Waals surface area contributed by atoms with Gasteiger partial charge in [0, 0.05) is 17.5 Å². The average molecular weight is 289 g/mol. The van der Waals surface area contributed by atoms with Crippen molar-refractivity contribution in [2.45, 2.75) is 31.1 Å². The molecule has 2 aromatic rings. The molecule has 110 valence electrons. The van der Waals surface area contributed by atoms with Crippen LogP contribution in [0.1, 0.15) is 30.4 Å². The second-order valence-electron chi connectivity index (χ2n) is 7.16. The standard InChI is InChI=1S/C20H19NO/c21-18-3-1-2-13-10-17-14(9-16(13)18)5-7-19(22)20(17)11-12-4-6-15(20)8-12/h1-4,6,9-10,12,15H,5,7-8,11,21H2. The van der Waals surface area contributed by atoms with Crippen molar-refractivity contribution in [1.82, 2.24) is 0 Å². The Kier molecular flexibility index (Phi) is 2.27. The Balaban J connectivity index is 1.81. The number of hydrogen-bond donors (Lipinski definition) is 1. The van der Waals surface area contributed by atoms with Gasteiger partial charge in [0.2, 0.25) is 0 Å². The van der Waals surface area contributed by atoms with Gasteiger partial charge in [-0.05, 0) is 65.8 Å². The molecule has 2 aromatic carbocycles. The molecule has 1 saturated carbocycles. The summed E-state index contributed by atoms with van der Waals surface area (Å²) in [6.07, 6.45) is 8.32. The van der Waals surface area contributed by atoms with E-state index in [1.807, 2.05) is 12.1 Å². The van der Waals surface area contributed by atoms with Crippen molar-refractivity contribution in [1.29, 1.82) is 0 Å². The SMILES string of the molecule is Nc1cccc2cc3c(cc12)CCC(=O)C31CC2C=CC1C2. The number of carbonyl (C=O) groups is 1. The quantitative estimate of drug-likeness (QED) is 0.592. The summed E-state index contributed by atoms with van der Waals surface area (Å²) in [7, 11) is 0. The van der Waals surface area contributed by atoms with Gasteiger partial charge < -0.3 is 5.73 Å². The third kappa shape index (κ3) is 1.38. The summed E-state index contributed by atoms with van der Waals surface area (Å²) in [4.78, 5) is 12.9. The van der Waals surface area contributed by atoms with Gasteiger partial charge in [0.15, 0.2) is 0 Å². The number of benzene rings is 2. The van der Waals surface area contributed by atoms with Gasteiger partial charge in [-0.2, -0.15) is 0 Å². The smallest absolute Gasteiger partial charge is 0.144 e. The Labute approximate surface area is 130 Å². The van der Waals surface area contributed by atoms with Crippen LogP contribution in [-0.4, -0.2) is 5.78 Å². The molecule has 1 spiro atoms. The van der Waals surface area contributed by atoms with Gasteiger partial charge in [-0.3, -0.25) is 4.79 Å². The third-order valence-corrected chi connectivity index (χ3v) is 6.13. The highest BCUT2D eigenvalue weighted by atomic mass is 16.1. The van der Waals surface area contributed by atoms with E-state index < -0.39 is 0 Å². The fraction of sp³-hybridized carbons (Fsp3) is 0.350. The monoisotopic (exact) mass is 289 g/mol. The molecule has 2 N–H and O–H groups in total. The lowest BCUT2D eigenvalue weighted by molar-refractivity contribution is -0.126. The van der Waals surface area contributed by atoms with Crippen LogP contribution in [0.3, 0.4) is 0 Å². The van der Waals surface area contributed by atoms with Crippen LogP contribution < -0.4 is 5.73 Å². The molecular formula is C20H19NO. The van der Waals surface area contributed by atoms with E-state index >= 15 is 0 Å². The molecule has 0 aliphatic heterocycles. The lowest BCUT2D eigenvalue weighted by Gasteiger charge is -2.39. The Morgan fingerprint density at radius 2 is 2.05 bits per heavy atom. The fourth-order valence-electron chi connectivity index (χ4n) is 5.12. The Morgan fingerprint density at radius 3 is 2.82 bits per heavy atom. The summed E-state index contributed by atoms with van der Waals surface area (Å²) < 4.78 is 0. The summed E-state index contributed by atoms with van der Waals surface area (Å²) in [5.41, 5.74) is 9.36. The molecule has 0 heterocycles. The molecule has 3 unspecified atom stereocenters. The molecule has 0 amide bonds. The zero-order chi connectivity index (χ0) is 14.9. The highest BCUT2D eigenvalue weighted by Crippen LogP contribution is 2.57. The van der Waals surface area contributed by atoms with Gasteiger partial charge in [0.25, 0.3) is 0 Å². The van der Waals surface area contributed by atoms with E-state index in [9.17, 15) is 4.79 Å². The van der Waals surface area contributed by atoms with Crippen LogP contribution in [0.25, 0.3) is 10.8 Å². The number of allylic oxidation sites excluding steroid dienone is 2. The maximum atomic E-state index is 12.9. The number of ketones is 1. The second kappa shape index (κ2) is 4.01. The minimum Gasteiger partial charge on any atom is -0.398 e. The topological polar surface area (TPSA) is 43.1 Å². The molecular weight excluding hydrogens is 270 g/mol. The van der Waals surface area contributed by atoms with Crippen LogP contribution in [0.2, 0.25) is 0 Å². The van der Waals surface area contributed by atoms with Crippen molar-refractivity contribution >= 4 is 22.2 Å². The lowest BCUT2D eigenvalue weighted by Crippen LogP contribution is -2.43. The van der Waals surface area contributed by atoms with Crippen molar-refractivity contribution in [2.24, 2.45) is 11.8 Å². The molecule has 0 radical (unpaired) electrons. The lowest BCUT2D eigenvalue weighted by atomic mass is 9.62. The summed E-state index contributed by atoms with van der Waals surface area (Å²) >= 11 is 0. The first-order valence-corrected chi connectivity index (χ1v) is 8.22. The van der Waals surface area contributed by atoms with E-state index in [1.165, 1.54) is 16.5 Å². The van der Waals surface area contributed by atoms with Crippen LogP contribution >= 0.6 is 0 Å². The maximum absolute atomic E-state index is 12.9. The predicted molar refractivity (Wildman–Crippen MR) is 88.7 cm³/mol. The number of aryl methyl sites for hydroxylation is 1. The molecule has 3 aliphatic carbocycles. The van der Waals surface area contributed by atoms with E-state index in [0.717, 1.165) is 30.3 Å². The van der Waals surface area contributed by atoms with Crippen molar-refractivity contribution in [3.63, 3.8) is 0 Å². The number of nitrogen functional groups attached to an aromatic ring is 1. The molecule has 3 atom stereocenters. The Hall–Kier alpha value is -2.09. The molecule has 0 aromatic heterocycles. The summed E-state index contributed by atoms with van der Waals surface area (Å²) in [5.74, 6) is 1.46. The molecule has 5 rings (SSSR count). The molecule has 1 fully saturated rings. The third-order valence-electron chi connectivity index (χ3n) is 6.13. The first kappa shape index (κ1) is 12.5. The molecule has 2 bridgehead atoms. The number of carbonyl (C=O) groups excluding carboxylic acids is 1. The van der Waals surface area contributed by atoms with E-state index in [1.54, 1.807) is 0 Å². The van der Waals surface area contributed by atoms with Gasteiger partial charge in [-0.15, -0.1) is 0 Å². The first-order valence-electron chi connectivity index (χ1n) is 8.22. The molecule has 3 aliphatic rings. The minimum atomic E-state index is -0.244. The van der Waals surface area contributed by atoms with Gasteiger partial charge in [0.1, 0.15) is 5.78 Å². The molecule has 0 saturated heterocycles. The van der Waals surface area contributed by atoms with E-state index in [-0.39, 0.29) is 5.41 Å². The minimum absolute atomic E-state index is 0.244. The second-order valence-corrected chi connectivity index (χ2v) is 7.16. The average Bonchev–Trinajstić information content (AvgIpc) is 3.13. The van der Waals surface area contributed by atoms with Gasteiger partial charge in [-0.1, -0.05) is 24.3 Å². The van der Waals surface area contributed by atoms with E-state index in [0.29, 0.717) is 24.0 Å². The number of hydrogen-bond acceptors (Lipinski definition) is 2. The molecule has 2 nitrogen and oxygen atoms in total. The first-order chi connectivity index (χ1) is 10.7. The Bertz CT molecular complexity index is 850. The van der Waals surface area contributed by atoms with Gasteiger partial charge >= 0.3 is 0 Å². The number of anilines is 1. The number of fused-ring (bicyclic) bond motifs is 6. The van der Waals surface area contributed by atoms with Crippen molar-refractivity contribution in [2.75, 3.05) is 5.73 Å². The summed E-state index contributed by atoms with van der Waals surface area (Å²) in [5, 5.41) is 2.30. The number of rotatable bonds is 0. The van der Waals surface area contributed by atoms with Crippen molar-refractivity contribution in [3.05, 3.63) is 53.6 Å². The van der Waals surface area contributed by atoms with Gasteiger partial charge in [0.05, 0.1) is 5.41 Å². The van der Waals surface area contributed by atoms with Crippen LogP contribution in [0.5, 0.6) is 0 Å². The Morgan fingerprint density at radius 1 is 1.14 bits per heavy atom. The zero-order valence-electron chi connectivity index (χ0n) is 12.5. The van der Waals surface area contributed by atoms with Crippen LogP contribution in [0, 0.1) is 11.8 Å². The van der Waals surface area contributed by atoms with Crippen molar-refractivity contribution in [3.8, 4) is 0 Å². The number of nitrogens with two attached hydrogens (primary N) is 1. The fourth-order valence-corrected chi connectivity index (χ4v) is 5.12. The van der Waals surface area contributed by atoms with Crippen LogP contribution in [0.4, 0.5) is 5.69 Å². The summed E-state index contributed by atoms with van der Waals surface area (Å²) in [6.45, 7) is 0. The van der Waals surface area contributed by atoms with Crippen LogP contribution in [-0.2, 0) is 16.6 Å². The van der Waals surface area contributed by atoms with E-state index in [2.05, 4.69) is 30.4 Å². The highest BCUT2D eigenvalue weighted by Gasteiger charge is 2.55. The zero-order valence-corrected chi connectivity index (χ0v) is 12.5. The maximum Gasteiger partial charge on any atom is 0.144 e. The van der Waals surface area contributed by atoms with E-state index in [4.69, 9.17) is 5.73 Å². The molecule has 22 heavy (non-hydrogen) atoms. The van der Waals surface area contributed by atoms with Gasteiger partial charge in [-0.25, -0.2) is 0 Å².